The lowest BCUT2D eigenvalue weighted by atomic mass is 10.1. The van der Waals surface area contributed by atoms with Gasteiger partial charge in [-0.05, 0) is 37.8 Å². The number of aryl methyl sites for hydroxylation is 1. The highest BCUT2D eigenvalue weighted by molar-refractivity contribution is 5.92. The lowest BCUT2D eigenvalue weighted by molar-refractivity contribution is 0.0778. The van der Waals surface area contributed by atoms with E-state index < -0.39 is 0 Å². The molecule has 1 amide bonds. The molecule has 1 aliphatic heterocycles. The monoisotopic (exact) mass is 234 g/mol. The number of aliphatic hydroxyl groups excluding tert-OH is 1. The molecule has 2 heterocycles. The van der Waals surface area contributed by atoms with Crippen LogP contribution in [0.15, 0.2) is 18.2 Å². The van der Waals surface area contributed by atoms with Crippen molar-refractivity contribution >= 4 is 5.91 Å². The number of amides is 1. The highest BCUT2D eigenvalue weighted by Gasteiger charge is 2.26. The van der Waals surface area contributed by atoms with Crippen LogP contribution in [-0.2, 0) is 0 Å². The van der Waals surface area contributed by atoms with E-state index >= 15 is 0 Å². The van der Waals surface area contributed by atoms with Crippen molar-refractivity contribution in [3.05, 3.63) is 29.6 Å². The number of nitrogens with zero attached hydrogens (tertiary/aromatic N) is 2. The minimum Gasteiger partial charge on any atom is -0.396 e. The molecule has 0 aliphatic carbocycles. The molecule has 1 fully saturated rings. The molecule has 1 aromatic rings. The SMILES string of the molecule is Cc1cccc(C(=O)N2CCC(CCO)C2)n1. The highest BCUT2D eigenvalue weighted by Crippen LogP contribution is 2.20. The van der Waals surface area contributed by atoms with Crippen LogP contribution >= 0.6 is 0 Å². The fourth-order valence-corrected chi connectivity index (χ4v) is 2.26. The Labute approximate surface area is 101 Å². The predicted octanol–water partition coefficient (Wildman–Crippen LogP) is 1.23. The van der Waals surface area contributed by atoms with Crippen molar-refractivity contribution in [3.8, 4) is 0 Å². The average molecular weight is 234 g/mol. The van der Waals surface area contributed by atoms with Crippen LogP contribution in [0.4, 0.5) is 0 Å². The lowest BCUT2D eigenvalue weighted by Gasteiger charge is -2.16. The van der Waals surface area contributed by atoms with E-state index in [1.54, 1.807) is 6.07 Å². The Bertz CT molecular complexity index is 406. The van der Waals surface area contributed by atoms with E-state index in [0.29, 0.717) is 11.6 Å². The third kappa shape index (κ3) is 2.82. The number of carbonyl (C=O) groups is 1. The van der Waals surface area contributed by atoms with Gasteiger partial charge in [0, 0.05) is 25.4 Å². The maximum absolute atomic E-state index is 12.1. The summed E-state index contributed by atoms with van der Waals surface area (Å²) in [5.41, 5.74) is 1.39. The zero-order valence-electron chi connectivity index (χ0n) is 10.1. The largest absolute Gasteiger partial charge is 0.396 e. The fourth-order valence-electron chi connectivity index (χ4n) is 2.26. The molecule has 0 aromatic carbocycles. The molecule has 17 heavy (non-hydrogen) atoms. The van der Waals surface area contributed by atoms with Gasteiger partial charge in [0.15, 0.2) is 0 Å². The second kappa shape index (κ2) is 5.27. The summed E-state index contributed by atoms with van der Waals surface area (Å²) < 4.78 is 0. The van der Waals surface area contributed by atoms with Crippen LogP contribution in [0.5, 0.6) is 0 Å². The van der Waals surface area contributed by atoms with Crippen molar-refractivity contribution < 1.29 is 9.90 Å². The Kier molecular flexibility index (Phi) is 3.74. The van der Waals surface area contributed by atoms with E-state index in [0.717, 1.165) is 31.6 Å². The number of pyridine rings is 1. The highest BCUT2D eigenvalue weighted by atomic mass is 16.3. The van der Waals surface area contributed by atoms with Gasteiger partial charge in [0.05, 0.1) is 0 Å². The van der Waals surface area contributed by atoms with Gasteiger partial charge in [-0.15, -0.1) is 0 Å². The number of hydrogen-bond donors (Lipinski definition) is 1. The van der Waals surface area contributed by atoms with Crippen LogP contribution in [0, 0.1) is 12.8 Å². The van der Waals surface area contributed by atoms with Gasteiger partial charge in [0.25, 0.3) is 5.91 Å². The Morgan fingerprint density at radius 1 is 1.59 bits per heavy atom. The van der Waals surface area contributed by atoms with E-state index in [1.807, 2.05) is 24.0 Å². The van der Waals surface area contributed by atoms with Crippen molar-refractivity contribution in [2.75, 3.05) is 19.7 Å². The van der Waals surface area contributed by atoms with Crippen LogP contribution in [0.3, 0.4) is 0 Å². The molecule has 0 bridgehead atoms. The summed E-state index contributed by atoms with van der Waals surface area (Å²) in [7, 11) is 0. The van der Waals surface area contributed by atoms with Crippen molar-refractivity contribution in [1.82, 2.24) is 9.88 Å². The number of rotatable bonds is 3. The summed E-state index contributed by atoms with van der Waals surface area (Å²) >= 11 is 0. The molecular formula is C13H18N2O2. The molecule has 92 valence electrons. The smallest absolute Gasteiger partial charge is 0.272 e. The first kappa shape index (κ1) is 12.0. The second-order valence-electron chi connectivity index (χ2n) is 4.58. The maximum Gasteiger partial charge on any atom is 0.272 e. The van der Waals surface area contributed by atoms with Gasteiger partial charge < -0.3 is 10.0 Å². The Morgan fingerprint density at radius 3 is 3.12 bits per heavy atom. The molecule has 0 radical (unpaired) electrons. The molecule has 4 heteroatoms. The minimum absolute atomic E-state index is 0.00846. The number of aliphatic hydroxyl groups is 1. The summed E-state index contributed by atoms with van der Waals surface area (Å²) in [5.74, 6) is 0.447. The minimum atomic E-state index is 0.00846. The maximum atomic E-state index is 12.1. The van der Waals surface area contributed by atoms with Crippen molar-refractivity contribution in [2.24, 2.45) is 5.92 Å². The van der Waals surface area contributed by atoms with E-state index in [9.17, 15) is 4.79 Å². The molecule has 0 spiro atoms. The summed E-state index contributed by atoms with van der Waals surface area (Å²) in [6.45, 7) is 3.61. The summed E-state index contributed by atoms with van der Waals surface area (Å²) in [6.07, 6.45) is 1.77. The number of hydrogen-bond acceptors (Lipinski definition) is 3. The molecule has 1 atom stereocenters. The van der Waals surface area contributed by atoms with Gasteiger partial charge in [-0.1, -0.05) is 6.07 Å². The van der Waals surface area contributed by atoms with E-state index in [-0.39, 0.29) is 12.5 Å². The molecular weight excluding hydrogens is 216 g/mol. The Morgan fingerprint density at radius 2 is 2.41 bits per heavy atom. The average Bonchev–Trinajstić information content (AvgIpc) is 2.77. The molecule has 1 aromatic heterocycles. The standard InChI is InChI=1S/C13H18N2O2/c1-10-3-2-4-12(14-10)13(17)15-7-5-11(9-15)6-8-16/h2-4,11,16H,5-9H2,1H3. The normalized spacial score (nSPS) is 19.6. The molecule has 2 rings (SSSR count). The third-order valence-corrected chi connectivity index (χ3v) is 3.22. The van der Waals surface area contributed by atoms with Gasteiger partial charge in [-0.3, -0.25) is 4.79 Å². The number of likely N-dealkylation sites (tertiary alicyclic amines) is 1. The summed E-state index contributed by atoms with van der Waals surface area (Å²) in [6, 6.07) is 5.50. The van der Waals surface area contributed by atoms with Crippen LogP contribution < -0.4 is 0 Å². The van der Waals surface area contributed by atoms with Crippen molar-refractivity contribution in [3.63, 3.8) is 0 Å². The van der Waals surface area contributed by atoms with Crippen molar-refractivity contribution in [2.45, 2.75) is 19.8 Å². The van der Waals surface area contributed by atoms with Gasteiger partial charge in [0.1, 0.15) is 5.69 Å². The van der Waals surface area contributed by atoms with Gasteiger partial charge in [-0.25, -0.2) is 4.98 Å². The topological polar surface area (TPSA) is 53.4 Å². The molecule has 1 unspecified atom stereocenters. The van der Waals surface area contributed by atoms with Gasteiger partial charge >= 0.3 is 0 Å². The van der Waals surface area contributed by atoms with E-state index in [1.165, 1.54) is 0 Å². The Hall–Kier alpha value is -1.42. The molecule has 4 nitrogen and oxygen atoms in total. The lowest BCUT2D eigenvalue weighted by Crippen LogP contribution is -2.29. The van der Waals surface area contributed by atoms with Gasteiger partial charge in [-0.2, -0.15) is 0 Å². The first-order valence-electron chi connectivity index (χ1n) is 6.04. The quantitative estimate of drug-likeness (QED) is 0.856. The molecule has 1 aliphatic rings. The first-order chi connectivity index (χ1) is 8.20. The zero-order chi connectivity index (χ0) is 12.3. The second-order valence-corrected chi connectivity index (χ2v) is 4.58. The van der Waals surface area contributed by atoms with Crippen molar-refractivity contribution in [1.29, 1.82) is 0 Å². The summed E-state index contributed by atoms with van der Waals surface area (Å²) in [5, 5.41) is 8.89. The predicted molar refractivity (Wildman–Crippen MR) is 64.7 cm³/mol. The summed E-state index contributed by atoms with van der Waals surface area (Å²) in [4.78, 5) is 18.2. The van der Waals surface area contributed by atoms with Crippen LogP contribution in [0.25, 0.3) is 0 Å². The Balaban J connectivity index is 2.02. The van der Waals surface area contributed by atoms with Crippen LogP contribution in [-0.4, -0.2) is 40.6 Å². The molecule has 1 N–H and O–H groups in total. The number of carbonyl (C=O) groups excluding carboxylic acids is 1. The molecule has 0 saturated carbocycles. The fraction of sp³-hybridized carbons (Fsp3) is 0.538. The third-order valence-electron chi connectivity index (χ3n) is 3.22. The zero-order valence-corrected chi connectivity index (χ0v) is 10.1. The first-order valence-corrected chi connectivity index (χ1v) is 6.04. The van der Waals surface area contributed by atoms with E-state index in [4.69, 9.17) is 5.11 Å². The van der Waals surface area contributed by atoms with Crippen LogP contribution in [0.2, 0.25) is 0 Å². The van der Waals surface area contributed by atoms with Crippen LogP contribution in [0.1, 0.15) is 29.0 Å². The molecule has 1 saturated heterocycles. The van der Waals surface area contributed by atoms with Gasteiger partial charge in [0.2, 0.25) is 0 Å². The number of aromatic nitrogens is 1. The van der Waals surface area contributed by atoms with E-state index in [2.05, 4.69) is 4.98 Å².